The van der Waals surface area contributed by atoms with Crippen molar-refractivity contribution >= 4 is 11.9 Å². The minimum absolute atomic E-state index is 0.148. The van der Waals surface area contributed by atoms with Gasteiger partial charge in [-0.2, -0.15) is 0 Å². The van der Waals surface area contributed by atoms with Crippen LogP contribution in [-0.2, 0) is 4.74 Å². The lowest BCUT2D eigenvalue weighted by molar-refractivity contribution is 0.00144. The first kappa shape index (κ1) is 19.1. The highest BCUT2D eigenvalue weighted by Gasteiger charge is 2.38. The first-order chi connectivity index (χ1) is 10.7. The van der Waals surface area contributed by atoms with Crippen molar-refractivity contribution in [3.05, 3.63) is 35.4 Å². The van der Waals surface area contributed by atoms with Gasteiger partial charge in [0.15, 0.2) is 5.78 Å². The molecule has 1 saturated heterocycles. The van der Waals surface area contributed by atoms with Crippen molar-refractivity contribution in [2.24, 2.45) is 5.92 Å². The molecule has 0 aromatic heterocycles. The highest BCUT2D eigenvalue weighted by atomic mass is 19.1. The largest absolute Gasteiger partial charge is 0.444 e. The summed E-state index contributed by atoms with van der Waals surface area (Å²) in [6.45, 7) is 9.62. The fourth-order valence-corrected chi connectivity index (χ4v) is 2.03. The van der Waals surface area contributed by atoms with Crippen LogP contribution in [0.4, 0.5) is 13.6 Å². The van der Waals surface area contributed by atoms with Crippen molar-refractivity contribution in [1.82, 2.24) is 4.90 Å². The topological polar surface area (TPSA) is 46.6 Å². The van der Waals surface area contributed by atoms with E-state index in [4.69, 9.17) is 4.74 Å². The number of amides is 1. The second-order valence-electron chi connectivity index (χ2n) is 6.07. The summed E-state index contributed by atoms with van der Waals surface area (Å²) in [6.07, 6.45) is -0.494. The van der Waals surface area contributed by atoms with E-state index in [0.29, 0.717) is 6.07 Å². The number of carbonyl (C=O) groups is 2. The molecule has 1 aromatic rings. The molecule has 0 aliphatic carbocycles. The molecule has 1 heterocycles. The first-order valence-corrected chi connectivity index (χ1v) is 7.64. The lowest BCUT2D eigenvalue weighted by Gasteiger charge is -2.38. The zero-order chi connectivity index (χ0) is 17.8. The van der Waals surface area contributed by atoms with E-state index in [1.807, 2.05) is 13.8 Å². The smallest absolute Gasteiger partial charge is 0.410 e. The van der Waals surface area contributed by atoms with Gasteiger partial charge < -0.3 is 9.64 Å². The van der Waals surface area contributed by atoms with Crippen molar-refractivity contribution in [1.29, 1.82) is 0 Å². The molecule has 2 rings (SSSR count). The highest BCUT2D eigenvalue weighted by Crippen LogP contribution is 2.24. The molecule has 1 amide bonds. The molecular weight excluding hydrogens is 304 g/mol. The minimum atomic E-state index is -0.879. The second kappa shape index (κ2) is 7.53. The molecule has 6 heteroatoms. The Labute approximate surface area is 135 Å². The average molecular weight is 327 g/mol. The van der Waals surface area contributed by atoms with Gasteiger partial charge in [0.2, 0.25) is 0 Å². The van der Waals surface area contributed by atoms with Crippen LogP contribution >= 0.6 is 0 Å². The van der Waals surface area contributed by atoms with E-state index < -0.39 is 35.0 Å². The Morgan fingerprint density at radius 1 is 1.17 bits per heavy atom. The molecule has 1 aromatic carbocycles. The van der Waals surface area contributed by atoms with Crippen LogP contribution in [0, 0.1) is 17.6 Å². The van der Waals surface area contributed by atoms with Crippen molar-refractivity contribution in [2.45, 2.75) is 40.2 Å². The number of Topliss-reactive ketones (excluding diaryl/α,β-unsaturated/α-hetero) is 1. The fraction of sp³-hybridized carbons (Fsp3) is 0.529. The van der Waals surface area contributed by atoms with Gasteiger partial charge in [-0.3, -0.25) is 4.79 Å². The predicted molar refractivity (Wildman–Crippen MR) is 83.3 cm³/mol. The summed E-state index contributed by atoms with van der Waals surface area (Å²) in [5, 5.41) is 0. The molecule has 4 nitrogen and oxygen atoms in total. The molecule has 23 heavy (non-hydrogen) atoms. The summed E-state index contributed by atoms with van der Waals surface area (Å²) in [5.74, 6) is -2.51. The third-order valence-electron chi connectivity index (χ3n) is 3.10. The maximum absolute atomic E-state index is 13.5. The molecule has 0 spiro atoms. The molecule has 0 N–H and O–H groups in total. The van der Waals surface area contributed by atoms with E-state index in [1.54, 1.807) is 20.8 Å². The summed E-state index contributed by atoms with van der Waals surface area (Å²) in [4.78, 5) is 25.2. The molecule has 1 aliphatic heterocycles. The second-order valence-corrected chi connectivity index (χ2v) is 6.07. The van der Waals surface area contributed by atoms with Crippen molar-refractivity contribution in [3.63, 3.8) is 0 Å². The molecule has 0 saturated carbocycles. The summed E-state index contributed by atoms with van der Waals surface area (Å²) < 4.78 is 31.5. The number of nitrogens with zero attached hydrogens (tertiary/aromatic N) is 1. The average Bonchev–Trinajstić information content (AvgIpc) is 2.36. The molecular formula is C17H23F2NO3. The molecule has 0 radical (unpaired) electrons. The summed E-state index contributed by atoms with van der Waals surface area (Å²) in [5.41, 5.74) is -0.750. The predicted octanol–water partition coefficient (Wildman–Crippen LogP) is 4.04. The van der Waals surface area contributed by atoms with Gasteiger partial charge in [0.05, 0.1) is 11.5 Å². The van der Waals surface area contributed by atoms with E-state index in [-0.39, 0.29) is 18.7 Å². The van der Waals surface area contributed by atoms with E-state index in [9.17, 15) is 18.4 Å². The standard InChI is InChI=1S/C15H17F2NO3.C2H6/c1-15(2,3)21-14(20)18-7-9(8-18)13(19)11-5-4-10(16)6-12(11)17;1-2/h4-6,9H,7-8H2,1-3H3;1-2H3. The van der Waals surface area contributed by atoms with Crippen LogP contribution < -0.4 is 0 Å². The van der Waals surface area contributed by atoms with Gasteiger partial charge in [0.1, 0.15) is 17.2 Å². The van der Waals surface area contributed by atoms with Gasteiger partial charge in [-0.1, -0.05) is 13.8 Å². The van der Waals surface area contributed by atoms with Crippen LogP contribution in [-0.4, -0.2) is 35.5 Å². The fourth-order valence-electron chi connectivity index (χ4n) is 2.03. The Morgan fingerprint density at radius 3 is 2.22 bits per heavy atom. The number of rotatable bonds is 2. The summed E-state index contributed by atoms with van der Waals surface area (Å²) in [6, 6.07) is 2.85. The first-order valence-electron chi connectivity index (χ1n) is 7.64. The van der Waals surface area contributed by atoms with Gasteiger partial charge in [-0.25, -0.2) is 13.6 Å². The molecule has 0 atom stereocenters. The van der Waals surface area contributed by atoms with Crippen molar-refractivity contribution < 1.29 is 23.1 Å². The molecule has 128 valence electrons. The van der Waals surface area contributed by atoms with E-state index >= 15 is 0 Å². The maximum atomic E-state index is 13.5. The monoisotopic (exact) mass is 327 g/mol. The van der Waals surface area contributed by atoms with Gasteiger partial charge in [0, 0.05) is 19.2 Å². The quantitative estimate of drug-likeness (QED) is 0.770. The Hall–Kier alpha value is -1.98. The SMILES string of the molecule is CC.CC(C)(C)OC(=O)N1CC(C(=O)c2ccc(F)cc2F)C1. The number of carbonyl (C=O) groups excluding carboxylic acids is 2. The molecule has 0 bridgehead atoms. The third-order valence-corrected chi connectivity index (χ3v) is 3.10. The number of benzene rings is 1. The zero-order valence-electron chi connectivity index (χ0n) is 14.2. The van der Waals surface area contributed by atoms with E-state index in [0.717, 1.165) is 12.1 Å². The molecule has 1 fully saturated rings. The van der Waals surface area contributed by atoms with Crippen LogP contribution in [0.3, 0.4) is 0 Å². The van der Waals surface area contributed by atoms with Crippen LogP contribution in [0.15, 0.2) is 18.2 Å². The number of likely N-dealkylation sites (tertiary alicyclic amines) is 1. The normalized spacial score (nSPS) is 14.5. The Morgan fingerprint density at radius 2 is 1.74 bits per heavy atom. The van der Waals surface area contributed by atoms with Gasteiger partial charge in [-0.05, 0) is 32.9 Å². The highest BCUT2D eigenvalue weighted by molar-refractivity contribution is 5.99. The van der Waals surface area contributed by atoms with Crippen molar-refractivity contribution in [2.75, 3.05) is 13.1 Å². The molecule has 0 unspecified atom stereocenters. The Bertz CT molecular complexity index is 576. The zero-order valence-corrected chi connectivity index (χ0v) is 14.2. The number of ether oxygens (including phenoxy) is 1. The van der Waals surface area contributed by atoms with E-state index in [2.05, 4.69) is 0 Å². The lowest BCUT2D eigenvalue weighted by atomic mass is 9.91. The number of ketones is 1. The van der Waals surface area contributed by atoms with Gasteiger partial charge in [-0.15, -0.1) is 0 Å². The van der Waals surface area contributed by atoms with E-state index in [1.165, 1.54) is 4.90 Å². The number of hydrogen-bond donors (Lipinski definition) is 0. The van der Waals surface area contributed by atoms with Crippen LogP contribution in [0.5, 0.6) is 0 Å². The molecule has 1 aliphatic rings. The van der Waals surface area contributed by atoms with Crippen LogP contribution in [0.2, 0.25) is 0 Å². The van der Waals surface area contributed by atoms with Gasteiger partial charge >= 0.3 is 6.09 Å². The minimum Gasteiger partial charge on any atom is -0.444 e. The number of halogens is 2. The third kappa shape index (κ3) is 5.01. The van der Waals surface area contributed by atoms with Crippen LogP contribution in [0.1, 0.15) is 45.0 Å². The Balaban J connectivity index is 0.00000127. The Kier molecular flexibility index (Phi) is 6.24. The van der Waals surface area contributed by atoms with Gasteiger partial charge in [0.25, 0.3) is 0 Å². The maximum Gasteiger partial charge on any atom is 0.410 e. The van der Waals surface area contributed by atoms with Crippen LogP contribution in [0.25, 0.3) is 0 Å². The summed E-state index contributed by atoms with van der Waals surface area (Å²) in [7, 11) is 0. The lowest BCUT2D eigenvalue weighted by Crippen LogP contribution is -2.54. The summed E-state index contributed by atoms with van der Waals surface area (Å²) >= 11 is 0. The van der Waals surface area contributed by atoms with Crippen molar-refractivity contribution in [3.8, 4) is 0 Å². The number of hydrogen-bond acceptors (Lipinski definition) is 3.